The highest BCUT2D eigenvalue weighted by Gasteiger charge is 2.12. The summed E-state index contributed by atoms with van der Waals surface area (Å²) in [6, 6.07) is 22.2. The quantitative estimate of drug-likeness (QED) is 0.329. The molecule has 0 radical (unpaired) electrons. The summed E-state index contributed by atoms with van der Waals surface area (Å²) in [6.45, 7) is 3.35. The van der Waals surface area contributed by atoms with Crippen molar-refractivity contribution in [2.45, 2.75) is 18.9 Å². The monoisotopic (exact) mass is 487 g/mol. The van der Waals surface area contributed by atoms with Gasteiger partial charge in [-0.05, 0) is 66.2 Å². The summed E-state index contributed by atoms with van der Waals surface area (Å²) in [6.07, 6.45) is 0. The van der Waals surface area contributed by atoms with Gasteiger partial charge < -0.3 is 9.47 Å². The second kappa shape index (κ2) is 10.2. The SMILES string of the molecule is CC(=O)C(Br)Oc1ccccc1.Cc1nc2ccc(Cl)nn2c1Oc1ccccc1. The van der Waals surface area contributed by atoms with Crippen LogP contribution in [0.5, 0.6) is 17.4 Å². The van der Waals surface area contributed by atoms with Crippen molar-refractivity contribution in [3.05, 3.63) is 83.6 Å². The fourth-order valence-corrected chi connectivity index (χ4v) is 2.77. The van der Waals surface area contributed by atoms with Gasteiger partial charge in [0.25, 0.3) is 0 Å². The van der Waals surface area contributed by atoms with Crippen molar-refractivity contribution in [1.29, 1.82) is 0 Å². The number of aromatic nitrogens is 3. The third-order valence-electron chi connectivity index (χ3n) is 3.83. The number of ether oxygens (including phenoxy) is 2. The van der Waals surface area contributed by atoms with Crippen molar-refractivity contribution in [3.8, 4) is 17.4 Å². The molecule has 4 rings (SSSR count). The average Bonchev–Trinajstić information content (AvgIpc) is 3.04. The van der Waals surface area contributed by atoms with Crippen LogP contribution in [0.4, 0.5) is 0 Å². The van der Waals surface area contributed by atoms with Crippen LogP contribution in [0.3, 0.4) is 0 Å². The molecule has 0 aliphatic rings. The van der Waals surface area contributed by atoms with Gasteiger partial charge in [-0.25, -0.2) is 4.98 Å². The minimum atomic E-state index is -0.542. The third-order valence-corrected chi connectivity index (χ3v) is 4.86. The standard InChI is InChI=1S/C13H10ClN3O.C9H9BrO2/c1-9-13(18-10-5-3-2-4-6-10)17-12(15-9)8-7-11(14)16-17;1-7(11)9(10)12-8-5-3-2-4-6-8/h2-8H,1H3;2-6,9H,1H3. The van der Waals surface area contributed by atoms with Crippen LogP contribution in [0.2, 0.25) is 5.15 Å². The first kappa shape index (κ1) is 21.8. The molecule has 0 saturated heterocycles. The van der Waals surface area contributed by atoms with Gasteiger partial charge in [0.05, 0.1) is 0 Å². The van der Waals surface area contributed by atoms with Gasteiger partial charge >= 0.3 is 0 Å². The number of Topliss-reactive ketones (excluding diaryl/α,β-unsaturated/α-hetero) is 1. The lowest BCUT2D eigenvalue weighted by Gasteiger charge is -2.08. The summed E-state index contributed by atoms with van der Waals surface area (Å²) < 4.78 is 12.6. The molecule has 0 bridgehead atoms. The Morgan fingerprint density at radius 2 is 1.60 bits per heavy atom. The fourth-order valence-electron chi connectivity index (χ4n) is 2.42. The predicted octanol–water partition coefficient (Wildman–Crippen LogP) is 5.86. The molecule has 2 aromatic carbocycles. The molecule has 2 aromatic heterocycles. The number of halogens is 2. The lowest BCUT2D eigenvalue weighted by atomic mass is 10.3. The molecular weight excluding hydrogens is 470 g/mol. The number of nitrogens with zero attached hydrogens (tertiary/aromatic N) is 3. The Morgan fingerprint density at radius 1 is 1.00 bits per heavy atom. The van der Waals surface area contributed by atoms with E-state index in [-0.39, 0.29) is 5.78 Å². The highest BCUT2D eigenvalue weighted by atomic mass is 79.9. The van der Waals surface area contributed by atoms with Gasteiger partial charge in [-0.15, -0.1) is 0 Å². The molecule has 4 aromatic rings. The van der Waals surface area contributed by atoms with E-state index >= 15 is 0 Å². The molecule has 0 aliphatic heterocycles. The van der Waals surface area contributed by atoms with Gasteiger partial charge in [-0.2, -0.15) is 9.61 Å². The Balaban J connectivity index is 0.000000187. The first-order valence-corrected chi connectivity index (χ1v) is 10.3. The molecule has 2 heterocycles. The number of alkyl halides is 1. The minimum Gasteiger partial charge on any atom is -0.471 e. The Morgan fingerprint density at radius 3 is 2.20 bits per heavy atom. The van der Waals surface area contributed by atoms with E-state index in [9.17, 15) is 4.79 Å². The number of ketones is 1. The first-order valence-electron chi connectivity index (χ1n) is 9.05. The van der Waals surface area contributed by atoms with Gasteiger partial charge in [0.2, 0.25) is 10.9 Å². The van der Waals surface area contributed by atoms with Crippen molar-refractivity contribution < 1.29 is 14.3 Å². The van der Waals surface area contributed by atoms with Crippen LogP contribution >= 0.6 is 27.5 Å². The Bertz CT molecular complexity index is 1120. The number of hydrogen-bond donors (Lipinski definition) is 0. The number of para-hydroxylation sites is 2. The van der Waals surface area contributed by atoms with E-state index in [1.165, 1.54) is 6.92 Å². The summed E-state index contributed by atoms with van der Waals surface area (Å²) in [5.41, 5.74) is 1.48. The highest BCUT2D eigenvalue weighted by molar-refractivity contribution is 9.09. The van der Waals surface area contributed by atoms with Gasteiger partial charge in [0.15, 0.2) is 11.4 Å². The van der Waals surface area contributed by atoms with Crippen LogP contribution in [0.1, 0.15) is 12.6 Å². The molecule has 30 heavy (non-hydrogen) atoms. The molecule has 0 N–H and O–H groups in total. The lowest BCUT2D eigenvalue weighted by molar-refractivity contribution is -0.120. The third kappa shape index (κ3) is 5.81. The number of benzene rings is 2. The maximum atomic E-state index is 10.8. The zero-order chi connectivity index (χ0) is 21.5. The van der Waals surface area contributed by atoms with Gasteiger partial charge in [-0.1, -0.05) is 48.0 Å². The molecule has 154 valence electrons. The zero-order valence-corrected chi connectivity index (χ0v) is 18.7. The molecule has 0 fully saturated rings. The normalized spacial score (nSPS) is 11.3. The topological polar surface area (TPSA) is 65.7 Å². The van der Waals surface area contributed by atoms with E-state index in [1.807, 2.05) is 55.5 Å². The van der Waals surface area contributed by atoms with Crippen LogP contribution in [0.25, 0.3) is 5.65 Å². The Labute approximate surface area is 187 Å². The fraction of sp³-hybridized carbons (Fsp3) is 0.136. The maximum absolute atomic E-state index is 10.8. The van der Waals surface area contributed by atoms with E-state index in [0.717, 1.165) is 11.4 Å². The summed E-state index contributed by atoms with van der Waals surface area (Å²) in [5, 5.41) is 4.05. The molecular formula is C22H19BrClN3O3. The van der Waals surface area contributed by atoms with Crippen LogP contribution < -0.4 is 9.47 Å². The Hall–Kier alpha value is -2.90. The summed E-state index contributed by atoms with van der Waals surface area (Å²) >= 11 is 8.99. The number of carbonyl (C=O) groups is 1. The van der Waals surface area contributed by atoms with Gasteiger partial charge in [-0.3, -0.25) is 4.79 Å². The van der Waals surface area contributed by atoms with Crippen molar-refractivity contribution in [2.75, 3.05) is 0 Å². The molecule has 0 aliphatic carbocycles. The number of carbonyl (C=O) groups excluding carboxylic acids is 1. The molecule has 1 unspecified atom stereocenters. The molecule has 6 nitrogen and oxygen atoms in total. The van der Waals surface area contributed by atoms with E-state index in [4.69, 9.17) is 21.1 Å². The van der Waals surface area contributed by atoms with Crippen molar-refractivity contribution in [3.63, 3.8) is 0 Å². The number of imidazole rings is 1. The molecule has 1 atom stereocenters. The van der Waals surface area contributed by atoms with Crippen LogP contribution in [-0.2, 0) is 4.79 Å². The van der Waals surface area contributed by atoms with Crippen molar-refractivity contribution >= 4 is 39.0 Å². The molecule has 8 heteroatoms. The average molecular weight is 489 g/mol. The second-order valence-electron chi connectivity index (χ2n) is 6.20. The summed E-state index contributed by atoms with van der Waals surface area (Å²) in [5.74, 6) is 1.97. The second-order valence-corrected chi connectivity index (χ2v) is 7.42. The number of fused-ring (bicyclic) bond motifs is 1. The highest BCUT2D eigenvalue weighted by Crippen LogP contribution is 2.25. The smallest absolute Gasteiger partial charge is 0.244 e. The first-order chi connectivity index (χ1) is 14.4. The van der Waals surface area contributed by atoms with E-state index in [1.54, 1.807) is 28.8 Å². The van der Waals surface area contributed by atoms with E-state index < -0.39 is 5.01 Å². The van der Waals surface area contributed by atoms with Gasteiger partial charge in [0.1, 0.15) is 22.3 Å². The molecule has 0 amide bonds. The zero-order valence-electron chi connectivity index (χ0n) is 16.3. The van der Waals surface area contributed by atoms with Crippen LogP contribution in [0.15, 0.2) is 72.8 Å². The van der Waals surface area contributed by atoms with Crippen LogP contribution in [-0.4, -0.2) is 25.4 Å². The number of hydrogen-bond acceptors (Lipinski definition) is 5. The predicted molar refractivity (Wildman–Crippen MR) is 120 cm³/mol. The minimum absolute atomic E-state index is 0.0427. The van der Waals surface area contributed by atoms with E-state index in [2.05, 4.69) is 26.0 Å². The van der Waals surface area contributed by atoms with Crippen LogP contribution in [0, 0.1) is 6.92 Å². The van der Waals surface area contributed by atoms with Crippen molar-refractivity contribution in [1.82, 2.24) is 14.6 Å². The maximum Gasteiger partial charge on any atom is 0.244 e. The molecule has 0 saturated carbocycles. The number of aryl methyl sites for hydroxylation is 1. The van der Waals surface area contributed by atoms with Crippen molar-refractivity contribution in [2.24, 2.45) is 0 Å². The van der Waals surface area contributed by atoms with Gasteiger partial charge in [0, 0.05) is 0 Å². The largest absolute Gasteiger partial charge is 0.471 e. The van der Waals surface area contributed by atoms with E-state index in [0.29, 0.717) is 22.4 Å². The Kier molecular flexibility index (Phi) is 7.43. The molecule has 0 spiro atoms. The summed E-state index contributed by atoms with van der Waals surface area (Å²) in [4.78, 5) is 15.1. The number of rotatable bonds is 5. The summed E-state index contributed by atoms with van der Waals surface area (Å²) in [7, 11) is 0. The lowest BCUT2D eigenvalue weighted by Crippen LogP contribution is -2.16.